The van der Waals surface area contributed by atoms with Crippen molar-refractivity contribution in [1.29, 1.82) is 0 Å². The van der Waals surface area contributed by atoms with Crippen molar-refractivity contribution >= 4 is 11.9 Å². The number of aromatic amines is 1. The molecule has 3 N–H and O–H groups in total. The van der Waals surface area contributed by atoms with Gasteiger partial charge in [-0.05, 0) is 31.1 Å². The molecule has 1 aromatic heterocycles. The van der Waals surface area contributed by atoms with Crippen LogP contribution in [0, 0.1) is 42.4 Å². The van der Waals surface area contributed by atoms with Crippen LogP contribution in [0.15, 0.2) is 36.1 Å². The van der Waals surface area contributed by atoms with Crippen molar-refractivity contribution < 1.29 is 48.2 Å². The molecule has 0 aromatic carbocycles. The van der Waals surface area contributed by atoms with Gasteiger partial charge in [0.25, 0.3) is 0 Å². The maximum Gasteiger partial charge on any atom is 0.355 e. The standard InChI is InChI=1S/C31H43NO10/c1-15-9-22(32-11-15)30(36)41-27-20(13-38-5)25(34)24-18-7-8-21-19(12-37-4)29(35)40-26(23(33)14-39-6)16(2)10-17(3)31(21,24)42-28(18)27/h7-11,16,18-21,23-28,32-34H,12-14H2,1-6H3/b17-10+/t16-,18-,19-,20-,21-,23-,24+,25-,26+,27-,28-,31+/m1/s1. The van der Waals surface area contributed by atoms with Crippen molar-refractivity contribution in [3.8, 4) is 0 Å². The number of H-pyrrole nitrogens is 1. The van der Waals surface area contributed by atoms with Crippen LogP contribution in [-0.4, -0.2) is 104 Å². The maximum absolute atomic E-state index is 13.8. The van der Waals surface area contributed by atoms with Crippen LogP contribution >= 0.6 is 0 Å². The minimum Gasteiger partial charge on any atom is -0.459 e. The Morgan fingerprint density at radius 1 is 1.14 bits per heavy atom. The van der Waals surface area contributed by atoms with Crippen molar-refractivity contribution in [3.05, 3.63) is 47.3 Å². The maximum atomic E-state index is 13.8. The summed E-state index contributed by atoms with van der Waals surface area (Å²) in [6, 6.07) is 1.71. The molecular formula is C31H43NO10. The topological polar surface area (TPSA) is 146 Å². The molecule has 1 saturated heterocycles. The largest absolute Gasteiger partial charge is 0.459 e. The minimum absolute atomic E-state index is 0.00728. The Balaban J connectivity index is 1.60. The first kappa shape index (κ1) is 30.9. The molecule has 2 fully saturated rings. The number of carbonyl (C=O) groups excluding carboxylic acids is 2. The Bertz CT molecular complexity index is 1210. The Kier molecular flexibility index (Phi) is 8.99. The molecule has 1 saturated carbocycles. The van der Waals surface area contributed by atoms with Gasteiger partial charge in [-0.2, -0.15) is 0 Å². The fourth-order valence-electron chi connectivity index (χ4n) is 7.81. The fraction of sp³-hybridized carbons (Fsp3) is 0.677. The summed E-state index contributed by atoms with van der Waals surface area (Å²) < 4.78 is 35.3. The van der Waals surface area contributed by atoms with Gasteiger partial charge in [0.1, 0.15) is 35.7 Å². The van der Waals surface area contributed by atoms with E-state index in [-0.39, 0.29) is 25.7 Å². The van der Waals surface area contributed by atoms with E-state index in [0.29, 0.717) is 5.69 Å². The highest BCUT2D eigenvalue weighted by Gasteiger charge is 2.71. The van der Waals surface area contributed by atoms with Crippen molar-refractivity contribution in [3.63, 3.8) is 0 Å². The number of aliphatic hydroxyl groups is 2. The average Bonchev–Trinajstić information content (AvgIpc) is 3.47. The average molecular weight is 590 g/mol. The van der Waals surface area contributed by atoms with Crippen LogP contribution in [0.1, 0.15) is 29.9 Å². The molecule has 5 rings (SSSR count). The van der Waals surface area contributed by atoms with Gasteiger partial charge in [0.2, 0.25) is 0 Å². The van der Waals surface area contributed by atoms with E-state index >= 15 is 0 Å². The molecular weight excluding hydrogens is 546 g/mol. The van der Waals surface area contributed by atoms with E-state index in [2.05, 4.69) is 4.98 Å². The van der Waals surface area contributed by atoms with E-state index in [4.69, 9.17) is 28.4 Å². The summed E-state index contributed by atoms with van der Waals surface area (Å²) in [5.41, 5.74) is 0.876. The molecule has 2 aliphatic carbocycles. The Labute approximate surface area is 246 Å². The normalized spacial score (nSPS) is 41.0. The Morgan fingerprint density at radius 3 is 2.52 bits per heavy atom. The van der Waals surface area contributed by atoms with Gasteiger partial charge in [-0.15, -0.1) is 0 Å². The first-order valence-electron chi connectivity index (χ1n) is 14.5. The van der Waals surface area contributed by atoms with Gasteiger partial charge < -0.3 is 43.6 Å². The van der Waals surface area contributed by atoms with Gasteiger partial charge in [-0.1, -0.05) is 25.2 Å². The number of nitrogens with one attached hydrogen (secondary N) is 1. The lowest BCUT2D eigenvalue weighted by Gasteiger charge is -2.49. The molecule has 1 spiro atoms. The summed E-state index contributed by atoms with van der Waals surface area (Å²) in [6.45, 7) is 5.85. The van der Waals surface area contributed by atoms with Gasteiger partial charge >= 0.3 is 11.9 Å². The number of rotatable bonds is 9. The second-order valence-electron chi connectivity index (χ2n) is 12.2. The number of methoxy groups -OCH3 is 3. The summed E-state index contributed by atoms with van der Waals surface area (Å²) in [4.78, 5) is 30.0. The van der Waals surface area contributed by atoms with Crippen LogP contribution in [0.2, 0.25) is 0 Å². The lowest BCUT2D eigenvalue weighted by atomic mass is 9.56. The molecule has 11 heteroatoms. The van der Waals surface area contributed by atoms with Gasteiger partial charge in [-0.3, -0.25) is 4.79 Å². The van der Waals surface area contributed by atoms with E-state index < -0.39 is 77.6 Å². The van der Waals surface area contributed by atoms with Gasteiger partial charge in [0.05, 0.1) is 31.8 Å². The molecule has 11 nitrogen and oxygen atoms in total. The number of aliphatic hydroxyl groups excluding tert-OH is 2. The molecule has 0 unspecified atom stereocenters. The molecule has 4 bridgehead atoms. The zero-order valence-electron chi connectivity index (χ0n) is 25.0. The first-order valence-corrected chi connectivity index (χ1v) is 14.5. The van der Waals surface area contributed by atoms with E-state index in [9.17, 15) is 19.8 Å². The zero-order chi connectivity index (χ0) is 30.3. The van der Waals surface area contributed by atoms with Crippen LogP contribution in [0.25, 0.3) is 0 Å². The number of cyclic esters (lactones) is 1. The summed E-state index contributed by atoms with van der Waals surface area (Å²) in [7, 11) is 4.53. The third kappa shape index (κ3) is 5.03. The molecule has 0 amide bonds. The summed E-state index contributed by atoms with van der Waals surface area (Å²) in [5, 5.41) is 22.9. The van der Waals surface area contributed by atoms with Crippen molar-refractivity contribution in [1.82, 2.24) is 4.98 Å². The predicted octanol–water partition coefficient (Wildman–Crippen LogP) is 1.82. The van der Waals surface area contributed by atoms with Crippen LogP contribution in [0.5, 0.6) is 0 Å². The van der Waals surface area contributed by atoms with Gasteiger partial charge in [0.15, 0.2) is 0 Å². The molecule has 2 aliphatic heterocycles. The van der Waals surface area contributed by atoms with Gasteiger partial charge in [0, 0.05) is 57.1 Å². The highest BCUT2D eigenvalue weighted by atomic mass is 16.6. The molecule has 232 valence electrons. The van der Waals surface area contributed by atoms with E-state index in [1.54, 1.807) is 19.4 Å². The van der Waals surface area contributed by atoms with E-state index in [1.165, 1.54) is 14.2 Å². The number of aryl methyl sites for hydroxylation is 1. The number of hydrogen-bond acceptors (Lipinski definition) is 10. The number of carbonyl (C=O) groups is 2. The van der Waals surface area contributed by atoms with Crippen LogP contribution in [-0.2, 0) is 33.2 Å². The van der Waals surface area contributed by atoms with Gasteiger partial charge in [-0.25, -0.2) is 4.79 Å². The number of esters is 2. The highest BCUT2D eigenvalue weighted by molar-refractivity contribution is 5.87. The lowest BCUT2D eigenvalue weighted by Crippen LogP contribution is -2.59. The predicted molar refractivity (Wildman–Crippen MR) is 149 cm³/mol. The summed E-state index contributed by atoms with van der Waals surface area (Å²) in [6.07, 6.45) is 3.27. The van der Waals surface area contributed by atoms with Crippen LogP contribution in [0.3, 0.4) is 0 Å². The second-order valence-corrected chi connectivity index (χ2v) is 12.2. The third-order valence-electron chi connectivity index (χ3n) is 9.56. The van der Waals surface area contributed by atoms with E-state index in [0.717, 1.165) is 11.1 Å². The second kappa shape index (κ2) is 12.2. The monoisotopic (exact) mass is 589 g/mol. The lowest BCUT2D eigenvalue weighted by molar-refractivity contribution is -0.173. The molecule has 0 radical (unpaired) electrons. The first-order chi connectivity index (χ1) is 20.1. The molecule has 4 aliphatic rings. The number of hydrogen-bond donors (Lipinski definition) is 3. The fourth-order valence-corrected chi connectivity index (χ4v) is 7.81. The molecule has 42 heavy (non-hydrogen) atoms. The molecule has 3 heterocycles. The summed E-state index contributed by atoms with van der Waals surface area (Å²) >= 11 is 0. The summed E-state index contributed by atoms with van der Waals surface area (Å²) in [5.74, 6) is -4.16. The smallest absolute Gasteiger partial charge is 0.355 e. The minimum atomic E-state index is -1.13. The SMILES string of the molecule is COC[C@@H]1[C@@H](O)[C@@H]2[C@H]3C=C[C@@H]4[C@@H](COC)C(=O)O[C@H]([C@H](O)COC)[C@H](C)/C=C(\C)[C@@]24O[C@H]3[C@@H]1OC(=O)c1cc(C)c[nH]1. The third-order valence-corrected chi connectivity index (χ3v) is 9.56. The number of ether oxygens (including phenoxy) is 6. The molecule has 12 atom stereocenters. The van der Waals surface area contributed by atoms with Crippen LogP contribution < -0.4 is 0 Å². The van der Waals surface area contributed by atoms with Crippen molar-refractivity contribution in [2.75, 3.05) is 41.2 Å². The quantitative estimate of drug-likeness (QED) is 0.288. The molecule has 1 aromatic rings. The van der Waals surface area contributed by atoms with E-state index in [1.807, 2.05) is 39.0 Å². The van der Waals surface area contributed by atoms with Crippen molar-refractivity contribution in [2.45, 2.75) is 56.9 Å². The Hall–Kier alpha value is -2.54. The van der Waals surface area contributed by atoms with Crippen LogP contribution in [0.4, 0.5) is 0 Å². The highest BCUT2D eigenvalue weighted by Crippen LogP contribution is 2.62. The van der Waals surface area contributed by atoms with Crippen molar-refractivity contribution in [2.24, 2.45) is 35.5 Å². The number of aromatic nitrogens is 1. The zero-order valence-corrected chi connectivity index (χ0v) is 25.0. The Morgan fingerprint density at radius 2 is 1.88 bits per heavy atom.